The van der Waals surface area contributed by atoms with E-state index < -0.39 is 9.84 Å². The molecule has 112 valence electrons. The fourth-order valence-corrected chi connectivity index (χ4v) is 5.31. The lowest BCUT2D eigenvalue weighted by Gasteiger charge is -2.35. The van der Waals surface area contributed by atoms with Gasteiger partial charge >= 0.3 is 0 Å². The van der Waals surface area contributed by atoms with Crippen molar-refractivity contribution < 1.29 is 8.42 Å². The van der Waals surface area contributed by atoms with Crippen molar-refractivity contribution in [2.24, 2.45) is 5.73 Å². The highest BCUT2D eigenvalue weighted by molar-refractivity contribution is 7.91. The molecule has 4 nitrogen and oxygen atoms in total. The summed E-state index contributed by atoms with van der Waals surface area (Å²) in [6.07, 6.45) is 9.54. The minimum absolute atomic E-state index is 0.250. The number of nitrogens with two attached hydrogens (primary N) is 1. The molecule has 0 radical (unpaired) electrons. The molecule has 1 saturated heterocycles. The van der Waals surface area contributed by atoms with Crippen molar-refractivity contribution in [3.63, 3.8) is 0 Å². The highest BCUT2D eigenvalue weighted by Gasteiger charge is 2.35. The van der Waals surface area contributed by atoms with E-state index in [4.69, 9.17) is 5.73 Å². The van der Waals surface area contributed by atoms with Crippen LogP contribution in [0.4, 0.5) is 0 Å². The molecule has 2 aliphatic rings. The Kier molecular flexibility index (Phi) is 5.66. The topological polar surface area (TPSA) is 63.4 Å². The van der Waals surface area contributed by atoms with E-state index in [9.17, 15) is 8.42 Å². The number of sulfone groups is 1. The molecule has 2 N–H and O–H groups in total. The van der Waals surface area contributed by atoms with Crippen LogP contribution in [-0.2, 0) is 9.84 Å². The van der Waals surface area contributed by atoms with Gasteiger partial charge in [-0.1, -0.05) is 25.7 Å². The van der Waals surface area contributed by atoms with Gasteiger partial charge in [0.15, 0.2) is 9.84 Å². The summed E-state index contributed by atoms with van der Waals surface area (Å²) >= 11 is 0. The lowest BCUT2D eigenvalue weighted by atomic mass is 10.0. The molecule has 1 heterocycles. The third-order valence-electron chi connectivity index (χ3n) is 4.59. The van der Waals surface area contributed by atoms with Crippen LogP contribution in [0.1, 0.15) is 51.4 Å². The molecular formula is C14H28N2O2S. The van der Waals surface area contributed by atoms with Gasteiger partial charge in [0.05, 0.1) is 11.5 Å². The summed E-state index contributed by atoms with van der Waals surface area (Å²) in [4.78, 5) is 2.49. The minimum Gasteiger partial charge on any atom is -0.330 e. The van der Waals surface area contributed by atoms with Gasteiger partial charge in [-0.25, -0.2) is 8.42 Å². The van der Waals surface area contributed by atoms with Crippen LogP contribution in [0, 0.1) is 0 Å². The Balaban J connectivity index is 2.01. The van der Waals surface area contributed by atoms with Crippen LogP contribution in [0.2, 0.25) is 0 Å². The molecule has 1 atom stereocenters. The standard InChI is InChI=1S/C14H28N2O2S/c15-9-5-10-16(13-6-3-1-2-4-7-13)14-8-11-19(17,18)12-14/h13-14H,1-12,15H2. The van der Waals surface area contributed by atoms with Gasteiger partial charge in [-0.15, -0.1) is 0 Å². The fraction of sp³-hybridized carbons (Fsp3) is 1.00. The molecule has 1 aliphatic heterocycles. The van der Waals surface area contributed by atoms with Crippen LogP contribution in [0.25, 0.3) is 0 Å². The van der Waals surface area contributed by atoms with Gasteiger partial charge in [0, 0.05) is 12.1 Å². The van der Waals surface area contributed by atoms with Crippen LogP contribution < -0.4 is 5.73 Å². The van der Waals surface area contributed by atoms with Crippen molar-refractivity contribution in [2.75, 3.05) is 24.6 Å². The quantitative estimate of drug-likeness (QED) is 0.780. The molecule has 0 spiro atoms. The van der Waals surface area contributed by atoms with Crippen molar-refractivity contribution in [1.82, 2.24) is 4.90 Å². The van der Waals surface area contributed by atoms with Gasteiger partial charge in [0.1, 0.15) is 0 Å². The van der Waals surface area contributed by atoms with Gasteiger partial charge in [-0.05, 0) is 38.8 Å². The maximum absolute atomic E-state index is 11.7. The second-order valence-electron chi connectivity index (χ2n) is 6.08. The average molecular weight is 288 g/mol. The Bertz CT molecular complexity index is 362. The van der Waals surface area contributed by atoms with E-state index in [0.717, 1.165) is 19.4 Å². The zero-order chi connectivity index (χ0) is 13.7. The Labute approximate surface area is 117 Å². The maximum atomic E-state index is 11.7. The largest absolute Gasteiger partial charge is 0.330 e. The van der Waals surface area contributed by atoms with E-state index in [0.29, 0.717) is 24.1 Å². The molecule has 0 aromatic carbocycles. The summed E-state index contributed by atoms with van der Waals surface area (Å²) in [7, 11) is -2.79. The molecule has 0 amide bonds. The van der Waals surface area contributed by atoms with Crippen molar-refractivity contribution >= 4 is 9.84 Å². The predicted octanol–water partition coefficient (Wildman–Crippen LogP) is 1.55. The van der Waals surface area contributed by atoms with E-state index in [1.165, 1.54) is 38.5 Å². The second-order valence-corrected chi connectivity index (χ2v) is 8.31. The van der Waals surface area contributed by atoms with Crippen molar-refractivity contribution in [2.45, 2.75) is 63.5 Å². The molecule has 2 fully saturated rings. The predicted molar refractivity (Wildman–Crippen MR) is 78.9 cm³/mol. The lowest BCUT2D eigenvalue weighted by molar-refractivity contribution is 0.131. The molecule has 0 aromatic rings. The first kappa shape index (κ1) is 15.3. The average Bonchev–Trinajstić information content (AvgIpc) is 2.59. The van der Waals surface area contributed by atoms with Crippen LogP contribution in [0.5, 0.6) is 0 Å². The number of hydrogen-bond donors (Lipinski definition) is 1. The Hall–Kier alpha value is -0.130. The SMILES string of the molecule is NCCCN(C1CCCCCC1)C1CCS(=O)(=O)C1. The first-order valence-electron chi connectivity index (χ1n) is 7.78. The Morgan fingerprint density at radius 1 is 1.00 bits per heavy atom. The van der Waals surface area contributed by atoms with E-state index in [1.54, 1.807) is 0 Å². The van der Waals surface area contributed by atoms with Crippen molar-refractivity contribution in [3.05, 3.63) is 0 Å². The number of rotatable bonds is 5. The van der Waals surface area contributed by atoms with Crippen LogP contribution in [0.15, 0.2) is 0 Å². The minimum atomic E-state index is -2.79. The zero-order valence-electron chi connectivity index (χ0n) is 11.9. The molecule has 1 saturated carbocycles. The van der Waals surface area contributed by atoms with Gasteiger partial charge in [0.2, 0.25) is 0 Å². The fourth-order valence-electron chi connectivity index (χ4n) is 3.56. The van der Waals surface area contributed by atoms with Crippen LogP contribution in [0.3, 0.4) is 0 Å². The maximum Gasteiger partial charge on any atom is 0.151 e. The number of hydrogen-bond acceptors (Lipinski definition) is 4. The van der Waals surface area contributed by atoms with E-state index in [2.05, 4.69) is 4.90 Å². The third kappa shape index (κ3) is 4.43. The molecule has 1 aliphatic carbocycles. The summed E-state index contributed by atoms with van der Waals surface area (Å²) in [6, 6.07) is 0.840. The molecule has 19 heavy (non-hydrogen) atoms. The molecule has 0 bridgehead atoms. The monoisotopic (exact) mass is 288 g/mol. The number of nitrogens with zero attached hydrogens (tertiary/aromatic N) is 1. The molecular weight excluding hydrogens is 260 g/mol. The molecule has 2 rings (SSSR count). The summed E-state index contributed by atoms with van der Waals surface area (Å²) < 4.78 is 23.4. The van der Waals surface area contributed by atoms with E-state index in [-0.39, 0.29) is 6.04 Å². The zero-order valence-corrected chi connectivity index (χ0v) is 12.7. The highest BCUT2D eigenvalue weighted by Crippen LogP contribution is 2.27. The van der Waals surface area contributed by atoms with Crippen LogP contribution >= 0.6 is 0 Å². The van der Waals surface area contributed by atoms with Gasteiger partial charge < -0.3 is 5.73 Å². The van der Waals surface area contributed by atoms with Crippen molar-refractivity contribution in [1.29, 1.82) is 0 Å². The Morgan fingerprint density at radius 3 is 2.21 bits per heavy atom. The van der Waals surface area contributed by atoms with Crippen LogP contribution in [-0.4, -0.2) is 50.0 Å². The Morgan fingerprint density at radius 2 is 1.68 bits per heavy atom. The molecule has 0 aromatic heterocycles. The smallest absolute Gasteiger partial charge is 0.151 e. The molecule has 5 heteroatoms. The van der Waals surface area contributed by atoms with Gasteiger partial charge in [-0.3, -0.25) is 4.90 Å². The van der Waals surface area contributed by atoms with Gasteiger partial charge in [-0.2, -0.15) is 0 Å². The third-order valence-corrected chi connectivity index (χ3v) is 6.34. The molecule has 1 unspecified atom stereocenters. The first-order valence-corrected chi connectivity index (χ1v) is 9.61. The lowest BCUT2D eigenvalue weighted by Crippen LogP contribution is -2.44. The van der Waals surface area contributed by atoms with E-state index >= 15 is 0 Å². The first-order chi connectivity index (χ1) is 9.12. The highest BCUT2D eigenvalue weighted by atomic mass is 32.2. The normalized spacial score (nSPS) is 28.6. The second kappa shape index (κ2) is 7.04. The van der Waals surface area contributed by atoms with Gasteiger partial charge in [0.25, 0.3) is 0 Å². The van der Waals surface area contributed by atoms with E-state index in [1.807, 2.05) is 0 Å². The summed E-state index contributed by atoms with van der Waals surface area (Å²) in [5, 5.41) is 0. The van der Waals surface area contributed by atoms with Crippen molar-refractivity contribution in [3.8, 4) is 0 Å². The summed E-state index contributed by atoms with van der Waals surface area (Å²) in [6.45, 7) is 1.67. The summed E-state index contributed by atoms with van der Waals surface area (Å²) in [5.74, 6) is 0.748. The summed E-state index contributed by atoms with van der Waals surface area (Å²) in [5.41, 5.74) is 5.64.